The van der Waals surface area contributed by atoms with E-state index in [0.29, 0.717) is 6.54 Å². The minimum absolute atomic E-state index is 0.0563. The van der Waals surface area contributed by atoms with Gasteiger partial charge in [-0.1, -0.05) is 12.5 Å². The van der Waals surface area contributed by atoms with Gasteiger partial charge in [0.1, 0.15) is 11.4 Å². The molecule has 1 saturated heterocycles. The molecule has 1 aliphatic carbocycles. The molecule has 144 valence electrons. The first-order valence-corrected chi connectivity index (χ1v) is 10.4. The summed E-state index contributed by atoms with van der Waals surface area (Å²) in [6, 6.07) is 7.40. The molecule has 1 spiro atoms. The maximum Gasteiger partial charge on any atom is 0.123 e. The molecule has 5 heteroatoms. The maximum atomic E-state index is 9.06. The summed E-state index contributed by atoms with van der Waals surface area (Å²) in [5.41, 5.74) is 3.65. The lowest BCUT2D eigenvalue weighted by Gasteiger charge is -2.48. The number of hydrogen-bond donors (Lipinski definition) is 1. The Bertz CT molecular complexity index is 804. The molecule has 27 heavy (non-hydrogen) atoms. The van der Waals surface area contributed by atoms with Gasteiger partial charge in [0.15, 0.2) is 0 Å². The molecular formula is C22H29N3O2. The molecule has 2 fully saturated rings. The van der Waals surface area contributed by atoms with Gasteiger partial charge in [-0.3, -0.25) is 4.68 Å². The van der Waals surface area contributed by atoms with Crippen LogP contribution in [-0.2, 0) is 13.0 Å². The summed E-state index contributed by atoms with van der Waals surface area (Å²) in [5, 5.41) is 13.4. The van der Waals surface area contributed by atoms with Crippen LogP contribution >= 0.6 is 0 Å². The Kier molecular flexibility index (Phi) is 4.44. The monoisotopic (exact) mass is 367 g/mol. The number of hydrogen-bond acceptors (Lipinski definition) is 4. The smallest absolute Gasteiger partial charge is 0.123 e. The lowest BCUT2D eigenvalue weighted by atomic mass is 9.81. The average Bonchev–Trinajstić information content (AvgIpc) is 3.11. The molecule has 1 aromatic carbocycles. The van der Waals surface area contributed by atoms with Gasteiger partial charge in [0.05, 0.1) is 19.3 Å². The van der Waals surface area contributed by atoms with Crippen LogP contribution in [0.5, 0.6) is 5.75 Å². The number of rotatable bonds is 4. The molecule has 0 bridgehead atoms. The zero-order valence-electron chi connectivity index (χ0n) is 15.9. The highest BCUT2D eigenvalue weighted by Gasteiger charge is 2.41. The quantitative estimate of drug-likeness (QED) is 0.901. The van der Waals surface area contributed by atoms with Crippen molar-refractivity contribution in [1.29, 1.82) is 0 Å². The number of aliphatic hydroxyl groups excluding tert-OH is 1. The molecule has 3 aliphatic rings. The Labute approximate surface area is 160 Å². The number of nitrogens with zero attached hydrogens (tertiary/aromatic N) is 3. The molecule has 5 rings (SSSR count). The van der Waals surface area contributed by atoms with Crippen molar-refractivity contribution in [3.63, 3.8) is 0 Å². The van der Waals surface area contributed by atoms with Gasteiger partial charge in [-0.25, -0.2) is 0 Å². The van der Waals surface area contributed by atoms with Crippen LogP contribution in [0.25, 0.3) is 11.1 Å². The van der Waals surface area contributed by atoms with E-state index >= 15 is 0 Å². The molecule has 0 unspecified atom stereocenters. The molecule has 3 heterocycles. The van der Waals surface area contributed by atoms with Crippen molar-refractivity contribution in [2.45, 2.75) is 63.1 Å². The highest BCUT2D eigenvalue weighted by Crippen LogP contribution is 2.41. The van der Waals surface area contributed by atoms with Crippen LogP contribution < -0.4 is 4.74 Å². The van der Waals surface area contributed by atoms with E-state index in [4.69, 9.17) is 9.84 Å². The van der Waals surface area contributed by atoms with Crippen molar-refractivity contribution >= 4 is 0 Å². The predicted molar refractivity (Wildman–Crippen MR) is 105 cm³/mol. The lowest BCUT2D eigenvalue weighted by molar-refractivity contribution is -0.0336. The summed E-state index contributed by atoms with van der Waals surface area (Å²) >= 11 is 0. The van der Waals surface area contributed by atoms with Gasteiger partial charge in [0.2, 0.25) is 0 Å². The van der Waals surface area contributed by atoms with E-state index in [-0.39, 0.29) is 12.2 Å². The van der Waals surface area contributed by atoms with E-state index in [9.17, 15) is 0 Å². The molecule has 0 amide bonds. The zero-order chi connectivity index (χ0) is 18.3. The third-order valence-electron chi connectivity index (χ3n) is 6.83. The van der Waals surface area contributed by atoms with Gasteiger partial charge < -0.3 is 14.7 Å². The van der Waals surface area contributed by atoms with E-state index in [1.165, 1.54) is 56.3 Å². The molecule has 0 radical (unpaired) electrons. The molecular weight excluding hydrogens is 338 g/mol. The number of piperidine rings is 1. The Morgan fingerprint density at radius 3 is 2.74 bits per heavy atom. The molecule has 2 aliphatic heterocycles. The Morgan fingerprint density at radius 1 is 1.15 bits per heavy atom. The van der Waals surface area contributed by atoms with Gasteiger partial charge in [0.25, 0.3) is 0 Å². The van der Waals surface area contributed by atoms with Crippen LogP contribution in [-0.4, -0.2) is 51.1 Å². The summed E-state index contributed by atoms with van der Waals surface area (Å²) in [6.07, 6.45) is 12.6. The minimum atomic E-state index is 0.0563. The second kappa shape index (κ2) is 6.95. The van der Waals surface area contributed by atoms with E-state index in [1.807, 2.05) is 12.4 Å². The largest absolute Gasteiger partial charge is 0.487 e. The van der Waals surface area contributed by atoms with Crippen LogP contribution in [0.1, 0.15) is 44.1 Å². The summed E-state index contributed by atoms with van der Waals surface area (Å²) in [6.45, 7) is 3.04. The van der Waals surface area contributed by atoms with Gasteiger partial charge in [-0.15, -0.1) is 0 Å². The molecule has 1 aromatic heterocycles. The number of likely N-dealkylation sites (tertiary alicyclic amines) is 1. The molecule has 1 saturated carbocycles. The maximum absolute atomic E-state index is 9.06. The third-order valence-corrected chi connectivity index (χ3v) is 6.83. The van der Waals surface area contributed by atoms with Gasteiger partial charge in [-0.05, 0) is 61.8 Å². The van der Waals surface area contributed by atoms with Crippen molar-refractivity contribution in [3.05, 3.63) is 36.2 Å². The summed E-state index contributed by atoms with van der Waals surface area (Å²) in [7, 11) is 0. The molecule has 5 nitrogen and oxygen atoms in total. The topological polar surface area (TPSA) is 50.5 Å². The highest BCUT2D eigenvalue weighted by molar-refractivity contribution is 5.64. The summed E-state index contributed by atoms with van der Waals surface area (Å²) < 4.78 is 8.38. The number of aliphatic hydroxyl groups is 1. The number of aromatic nitrogens is 2. The molecule has 1 N–H and O–H groups in total. The van der Waals surface area contributed by atoms with Crippen LogP contribution in [0.2, 0.25) is 0 Å². The third kappa shape index (κ3) is 3.27. The van der Waals surface area contributed by atoms with E-state index in [0.717, 1.165) is 30.2 Å². The standard InChI is InChI=1S/C22H29N3O2/c26-13-12-25-16-19(15-23-25)17-4-5-21-18(14-17)6-7-22(27-21)8-10-24(11-9-22)20-2-1-3-20/h4-5,14-16,20,26H,1-3,6-13H2. The van der Waals surface area contributed by atoms with Crippen LogP contribution in [0.3, 0.4) is 0 Å². The fraction of sp³-hybridized carbons (Fsp3) is 0.591. The van der Waals surface area contributed by atoms with Crippen LogP contribution in [0.4, 0.5) is 0 Å². The summed E-state index contributed by atoms with van der Waals surface area (Å²) in [4.78, 5) is 2.70. The van der Waals surface area contributed by atoms with Crippen molar-refractivity contribution in [3.8, 4) is 16.9 Å². The number of aryl methyl sites for hydroxylation is 1. The zero-order valence-corrected chi connectivity index (χ0v) is 15.9. The van der Waals surface area contributed by atoms with Crippen molar-refractivity contribution in [1.82, 2.24) is 14.7 Å². The second-order valence-corrected chi connectivity index (χ2v) is 8.44. The SMILES string of the molecule is OCCn1cc(-c2ccc3c(c2)CCC2(CCN(C4CCC4)CC2)O3)cn1. The highest BCUT2D eigenvalue weighted by atomic mass is 16.5. The number of benzene rings is 1. The first-order chi connectivity index (χ1) is 13.2. The van der Waals surface area contributed by atoms with Crippen LogP contribution in [0, 0.1) is 0 Å². The van der Waals surface area contributed by atoms with Gasteiger partial charge in [0, 0.05) is 30.9 Å². The fourth-order valence-corrected chi connectivity index (χ4v) is 4.84. The van der Waals surface area contributed by atoms with Gasteiger partial charge in [-0.2, -0.15) is 5.10 Å². The van der Waals surface area contributed by atoms with E-state index in [2.05, 4.69) is 28.2 Å². The van der Waals surface area contributed by atoms with Crippen molar-refractivity contribution in [2.24, 2.45) is 0 Å². The normalized spacial score (nSPS) is 22.3. The average molecular weight is 367 g/mol. The summed E-state index contributed by atoms with van der Waals surface area (Å²) in [5.74, 6) is 1.07. The van der Waals surface area contributed by atoms with Gasteiger partial charge >= 0.3 is 0 Å². The Balaban J connectivity index is 1.29. The Morgan fingerprint density at radius 2 is 2.00 bits per heavy atom. The molecule has 2 aromatic rings. The van der Waals surface area contributed by atoms with Crippen molar-refractivity contribution in [2.75, 3.05) is 19.7 Å². The Hall–Kier alpha value is -1.85. The first kappa shape index (κ1) is 17.3. The molecule has 0 atom stereocenters. The fourth-order valence-electron chi connectivity index (χ4n) is 4.84. The minimum Gasteiger partial charge on any atom is -0.487 e. The van der Waals surface area contributed by atoms with Crippen molar-refractivity contribution < 1.29 is 9.84 Å². The lowest BCUT2D eigenvalue weighted by Crippen LogP contribution is -2.53. The number of fused-ring (bicyclic) bond motifs is 1. The predicted octanol–water partition coefficient (Wildman–Crippen LogP) is 3.25. The first-order valence-electron chi connectivity index (χ1n) is 10.4. The second-order valence-electron chi connectivity index (χ2n) is 8.44. The van der Waals surface area contributed by atoms with Crippen LogP contribution in [0.15, 0.2) is 30.6 Å². The number of ether oxygens (including phenoxy) is 1. The van der Waals surface area contributed by atoms with E-state index < -0.39 is 0 Å². The van der Waals surface area contributed by atoms with E-state index in [1.54, 1.807) is 4.68 Å².